The molecule has 2 aromatic rings. The Kier molecular flexibility index (Phi) is 7.12. The van der Waals surface area contributed by atoms with Crippen LogP contribution in [0.15, 0.2) is 54.4 Å². The minimum atomic E-state index is -0.732. The summed E-state index contributed by atoms with van der Waals surface area (Å²) in [6.07, 6.45) is 12.5. The number of carboxylic acid groups (broad SMARTS) is 1. The number of rotatable bonds is 5. The predicted molar refractivity (Wildman–Crippen MR) is 142 cm³/mol. The number of amides is 2. The summed E-state index contributed by atoms with van der Waals surface area (Å²) in [6, 6.07) is 5.69. The first-order valence-electron chi connectivity index (χ1n) is 13.0. The number of carbonyl (C=O) groups is 2. The van der Waals surface area contributed by atoms with Crippen molar-refractivity contribution in [1.82, 2.24) is 15.3 Å². The third kappa shape index (κ3) is 5.30. The van der Waals surface area contributed by atoms with Crippen LogP contribution in [0.3, 0.4) is 0 Å². The van der Waals surface area contributed by atoms with Gasteiger partial charge in [-0.3, -0.25) is 9.69 Å². The molecule has 1 aromatic carbocycles. The highest BCUT2D eigenvalue weighted by atomic mass is 16.5. The fourth-order valence-corrected chi connectivity index (χ4v) is 5.19. The fraction of sp³-hybridized carbons (Fsp3) is 0.429. The Morgan fingerprint density at radius 2 is 1.92 bits per heavy atom. The third-order valence-electron chi connectivity index (χ3n) is 7.33. The van der Waals surface area contributed by atoms with E-state index in [9.17, 15) is 14.7 Å². The zero-order valence-corrected chi connectivity index (χ0v) is 21.3. The smallest absolute Gasteiger partial charge is 0.322 e. The van der Waals surface area contributed by atoms with Gasteiger partial charge in [-0.05, 0) is 55.9 Å². The molecule has 2 atom stereocenters. The molecule has 1 saturated heterocycles. The summed E-state index contributed by atoms with van der Waals surface area (Å²) in [7, 11) is 0. The second kappa shape index (κ2) is 10.6. The molecule has 194 valence electrons. The SMILES string of the molecule is CCC1=CC=CCC1NC(=O)N1CC(C)Oc2cc(-c3cnc(N4CCC(C(=O)O)CC4)nc3)ccc21. The molecule has 37 heavy (non-hydrogen) atoms. The number of allylic oxidation sites excluding steroid dienone is 2. The highest BCUT2D eigenvalue weighted by molar-refractivity contribution is 5.95. The van der Waals surface area contributed by atoms with Crippen LogP contribution >= 0.6 is 0 Å². The number of piperidine rings is 1. The standard InChI is InChI=1S/C28H33N5O4/c1-3-19-6-4-5-7-23(19)31-28(36)33-17-18(2)37-25-14-21(8-9-24(25)33)22-15-29-27(30-16-22)32-12-10-20(11-13-32)26(34)35/h4-6,8-9,14-16,18,20,23H,3,7,10-13,17H2,1-2H3,(H,31,36)(H,34,35). The molecular formula is C28H33N5O4. The number of aromatic nitrogens is 2. The van der Waals surface area contributed by atoms with Gasteiger partial charge in [0, 0.05) is 31.0 Å². The van der Waals surface area contributed by atoms with Gasteiger partial charge in [0.25, 0.3) is 0 Å². The van der Waals surface area contributed by atoms with Gasteiger partial charge in [-0.2, -0.15) is 0 Å². The van der Waals surface area contributed by atoms with Gasteiger partial charge in [0.2, 0.25) is 5.95 Å². The monoisotopic (exact) mass is 503 g/mol. The first-order chi connectivity index (χ1) is 17.9. The number of hydrogen-bond acceptors (Lipinski definition) is 6. The summed E-state index contributed by atoms with van der Waals surface area (Å²) in [5.74, 6) is 0.238. The molecule has 2 N–H and O–H groups in total. The van der Waals surface area contributed by atoms with Crippen LogP contribution in [-0.2, 0) is 4.79 Å². The van der Waals surface area contributed by atoms with E-state index in [1.54, 1.807) is 17.3 Å². The van der Waals surface area contributed by atoms with Crippen LogP contribution < -0.4 is 19.9 Å². The minimum Gasteiger partial charge on any atom is -0.487 e. The third-order valence-corrected chi connectivity index (χ3v) is 7.33. The number of hydrogen-bond donors (Lipinski definition) is 2. The molecule has 0 saturated carbocycles. The van der Waals surface area contributed by atoms with Crippen LogP contribution in [0.25, 0.3) is 11.1 Å². The van der Waals surface area contributed by atoms with Crippen molar-refractivity contribution < 1.29 is 19.4 Å². The van der Waals surface area contributed by atoms with Gasteiger partial charge in [-0.25, -0.2) is 14.8 Å². The Morgan fingerprint density at radius 3 is 2.62 bits per heavy atom. The molecule has 5 rings (SSSR count). The van der Waals surface area contributed by atoms with Gasteiger partial charge in [0.15, 0.2) is 0 Å². The number of carbonyl (C=O) groups excluding carboxylic acids is 1. The van der Waals surface area contributed by atoms with Gasteiger partial charge in [0.05, 0.1) is 24.2 Å². The molecule has 2 aliphatic heterocycles. The predicted octanol–water partition coefficient (Wildman–Crippen LogP) is 4.41. The normalized spacial score (nSPS) is 21.6. The Bertz CT molecular complexity index is 1220. The lowest BCUT2D eigenvalue weighted by molar-refractivity contribution is -0.142. The maximum Gasteiger partial charge on any atom is 0.322 e. The number of nitrogens with zero attached hydrogens (tertiary/aromatic N) is 4. The fourth-order valence-electron chi connectivity index (χ4n) is 5.19. The molecule has 0 bridgehead atoms. The first-order valence-corrected chi connectivity index (χ1v) is 13.0. The van der Waals surface area contributed by atoms with E-state index in [4.69, 9.17) is 4.74 Å². The quantitative estimate of drug-likeness (QED) is 0.622. The topological polar surface area (TPSA) is 108 Å². The summed E-state index contributed by atoms with van der Waals surface area (Å²) in [5, 5.41) is 12.4. The van der Waals surface area contributed by atoms with E-state index >= 15 is 0 Å². The van der Waals surface area contributed by atoms with Crippen molar-refractivity contribution in [1.29, 1.82) is 0 Å². The van der Waals surface area contributed by atoms with Gasteiger partial charge in [0.1, 0.15) is 11.9 Å². The summed E-state index contributed by atoms with van der Waals surface area (Å²) in [6.45, 7) is 5.80. The number of ether oxygens (including phenoxy) is 1. The second-order valence-corrected chi connectivity index (χ2v) is 9.85. The average molecular weight is 504 g/mol. The van der Waals surface area contributed by atoms with Gasteiger partial charge in [-0.15, -0.1) is 0 Å². The molecule has 3 heterocycles. The van der Waals surface area contributed by atoms with Crippen molar-refractivity contribution in [2.24, 2.45) is 5.92 Å². The molecule has 9 heteroatoms. The van der Waals surface area contributed by atoms with E-state index < -0.39 is 5.97 Å². The first kappa shape index (κ1) is 24.8. The molecule has 1 fully saturated rings. The van der Waals surface area contributed by atoms with Crippen LogP contribution in [-0.4, -0.2) is 58.9 Å². The Hall–Kier alpha value is -3.88. The highest BCUT2D eigenvalue weighted by Crippen LogP contribution is 2.37. The van der Waals surface area contributed by atoms with E-state index in [1.807, 2.05) is 36.1 Å². The molecule has 1 aromatic heterocycles. The van der Waals surface area contributed by atoms with Crippen LogP contribution in [0.4, 0.5) is 16.4 Å². The maximum absolute atomic E-state index is 13.3. The lowest BCUT2D eigenvalue weighted by Gasteiger charge is -2.35. The zero-order valence-electron chi connectivity index (χ0n) is 21.3. The van der Waals surface area contributed by atoms with Crippen LogP contribution in [0.1, 0.15) is 39.5 Å². The van der Waals surface area contributed by atoms with Crippen LogP contribution in [0, 0.1) is 5.92 Å². The molecule has 0 radical (unpaired) electrons. The number of nitrogens with one attached hydrogen (secondary N) is 1. The van der Waals surface area contributed by atoms with Crippen molar-refractivity contribution in [2.45, 2.75) is 51.7 Å². The van der Waals surface area contributed by atoms with Crippen LogP contribution in [0.5, 0.6) is 5.75 Å². The molecule has 1 aliphatic carbocycles. The molecule has 2 amide bonds. The average Bonchev–Trinajstić information content (AvgIpc) is 2.92. The van der Waals surface area contributed by atoms with Crippen molar-refractivity contribution >= 4 is 23.6 Å². The van der Waals surface area contributed by atoms with E-state index in [0.29, 0.717) is 44.2 Å². The number of anilines is 2. The molecule has 0 spiro atoms. The highest BCUT2D eigenvalue weighted by Gasteiger charge is 2.30. The van der Waals surface area contributed by atoms with Crippen molar-refractivity contribution in [3.63, 3.8) is 0 Å². The van der Waals surface area contributed by atoms with Gasteiger partial charge < -0.3 is 20.1 Å². The minimum absolute atomic E-state index is 0.00829. The second-order valence-electron chi connectivity index (χ2n) is 9.85. The number of fused-ring (bicyclic) bond motifs is 1. The Morgan fingerprint density at radius 1 is 1.16 bits per heavy atom. The number of carboxylic acids is 1. The zero-order chi connectivity index (χ0) is 25.9. The van der Waals surface area contributed by atoms with Crippen molar-refractivity contribution in [3.05, 3.63) is 54.4 Å². The summed E-state index contributed by atoms with van der Waals surface area (Å²) in [4.78, 5) is 37.4. The van der Waals surface area contributed by atoms with Crippen LogP contribution in [0.2, 0.25) is 0 Å². The molecule has 9 nitrogen and oxygen atoms in total. The lowest BCUT2D eigenvalue weighted by Crippen LogP contribution is -2.50. The molecular weight excluding hydrogens is 470 g/mol. The summed E-state index contributed by atoms with van der Waals surface area (Å²) < 4.78 is 6.11. The number of benzene rings is 1. The van der Waals surface area contributed by atoms with Crippen molar-refractivity contribution in [2.75, 3.05) is 29.4 Å². The van der Waals surface area contributed by atoms with E-state index in [0.717, 1.165) is 29.7 Å². The van der Waals surface area contributed by atoms with Gasteiger partial charge >= 0.3 is 12.0 Å². The van der Waals surface area contributed by atoms with Gasteiger partial charge in [-0.1, -0.05) is 31.2 Å². The molecule has 3 aliphatic rings. The van der Waals surface area contributed by atoms with E-state index in [2.05, 4.69) is 34.4 Å². The lowest BCUT2D eigenvalue weighted by atomic mass is 9.97. The van der Waals surface area contributed by atoms with E-state index in [1.165, 1.54) is 5.57 Å². The molecule has 2 unspecified atom stereocenters. The summed E-state index contributed by atoms with van der Waals surface area (Å²) in [5.41, 5.74) is 3.71. The summed E-state index contributed by atoms with van der Waals surface area (Å²) >= 11 is 0. The Balaban J connectivity index is 1.30. The Labute approximate surface area is 216 Å². The largest absolute Gasteiger partial charge is 0.487 e. The number of urea groups is 1. The van der Waals surface area contributed by atoms with E-state index in [-0.39, 0.29) is 24.1 Å². The van der Waals surface area contributed by atoms with Crippen molar-refractivity contribution in [3.8, 4) is 16.9 Å². The number of aliphatic carboxylic acids is 1. The maximum atomic E-state index is 13.3.